The minimum Gasteiger partial charge on any atom is -0.384 e. The standard InChI is InChI=1S/C15H13N3O3/c19-6-2-5-11-3-1-4-12(7-11)8-18-15(21)13-9-17-14(20)10-16-13/h1,3-4,7,9-10,19H,6,8H2,(H,17,20)(H,18,21). The zero-order valence-corrected chi connectivity index (χ0v) is 11.1. The number of aliphatic hydroxyl groups excluding tert-OH is 1. The van der Waals surface area contributed by atoms with E-state index in [1.54, 1.807) is 0 Å². The zero-order chi connectivity index (χ0) is 15.1. The summed E-state index contributed by atoms with van der Waals surface area (Å²) in [6.07, 6.45) is 2.32. The topological polar surface area (TPSA) is 95.1 Å². The average Bonchev–Trinajstić information content (AvgIpc) is 2.52. The first-order valence-electron chi connectivity index (χ1n) is 6.20. The van der Waals surface area contributed by atoms with Gasteiger partial charge in [0, 0.05) is 18.3 Å². The number of hydrogen-bond donors (Lipinski definition) is 3. The molecule has 0 saturated heterocycles. The Kier molecular flexibility index (Phi) is 4.85. The number of nitrogens with zero attached hydrogens (tertiary/aromatic N) is 1. The van der Waals surface area contributed by atoms with Crippen LogP contribution in [0, 0.1) is 11.8 Å². The predicted molar refractivity (Wildman–Crippen MR) is 76.4 cm³/mol. The highest BCUT2D eigenvalue weighted by Gasteiger charge is 2.06. The Labute approximate surface area is 120 Å². The van der Waals surface area contributed by atoms with E-state index in [0.717, 1.165) is 17.3 Å². The van der Waals surface area contributed by atoms with Crippen LogP contribution in [0.4, 0.5) is 0 Å². The molecular weight excluding hydrogens is 270 g/mol. The van der Waals surface area contributed by atoms with Gasteiger partial charge in [0.1, 0.15) is 12.3 Å². The summed E-state index contributed by atoms with van der Waals surface area (Å²) in [5.41, 5.74) is 1.42. The molecule has 0 unspecified atom stereocenters. The molecule has 0 bridgehead atoms. The molecule has 6 nitrogen and oxygen atoms in total. The Bertz CT molecular complexity index is 736. The van der Waals surface area contributed by atoms with Crippen LogP contribution in [0.25, 0.3) is 0 Å². The Hall–Kier alpha value is -2.91. The molecular formula is C15H13N3O3. The number of amides is 1. The summed E-state index contributed by atoms with van der Waals surface area (Å²) in [4.78, 5) is 28.8. The minimum atomic E-state index is -0.377. The summed E-state index contributed by atoms with van der Waals surface area (Å²) in [6, 6.07) is 7.31. The summed E-state index contributed by atoms with van der Waals surface area (Å²) in [5.74, 6) is 4.98. The van der Waals surface area contributed by atoms with E-state index in [1.807, 2.05) is 24.3 Å². The molecule has 2 aromatic rings. The number of benzene rings is 1. The second-order valence-corrected chi connectivity index (χ2v) is 4.14. The van der Waals surface area contributed by atoms with Crippen molar-refractivity contribution in [3.8, 4) is 11.8 Å². The van der Waals surface area contributed by atoms with E-state index in [4.69, 9.17) is 5.11 Å². The third kappa shape index (κ3) is 4.30. The molecule has 0 aliphatic rings. The van der Waals surface area contributed by atoms with Crippen LogP contribution in [0.3, 0.4) is 0 Å². The van der Waals surface area contributed by atoms with Crippen molar-refractivity contribution in [2.75, 3.05) is 6.61 Å². The molecule has 0 saturated carbocycles. The lowest BCUT2D eigenvalue weighted by Crippen LogP contribution is -2.25. The Morgan fingerprint density at radius 3 is 3.00 bits per heavy atom. The van der Waals surface area contributed by atoms with Crippen LogP contribution in [0.1, 0.15) is 21.6 Å². The number of aromatic amines is 1. The molecule has 0 aliphatic carbocycles. The summed E-state index contributed by atoms with van der Waals surface area (Å²) in [7, 11) is 0. The smallest absolute Gasteiger partial charge is 0.271 e. The molecule has 0 radical (unpaired) electrons. The van der Waals surface area contributed by atoms with E-state index in [0.29, 0.717) is 6.54 Å². The van der Waals surface area contributed by atoms with E-state index in [2.05, 4.69) is 27.1 Å². The average molecular weight is 283 g/mol. The van der Waals surface area contributed by atoms with Crippen LogP contribution in [-0.4, -0.2) is 27.6 Å². The number of carbonyl (C=O) groups is 1. The van der Waals surface area contributed by atoms with Crippen molar-refractivity contribution in [3.63, 3.8) is 0 Å². The molecule has 1 aromatic carbocycles. The van der Waals surface area contributed by atoms with E-state index >= 15 is 0 Å². The molecule has 1 aromatic heterocycles. The second kappa shape index (κ2) is 7.03. The summed E-state index contributed by atoms with van der Waals surface area (Å²) in [5, 5.41) is 11.4. The third-order valence-electron chi connectivity index (χ3n) is 2.60. The third-order valence-corrected chi connectivity index (χ3v) is 2.60. The molecule has 106 valence electrons. The summed E-state index contributed by atoms with van der Waals surface area (Å²) in [6.45, 7) is 0.118. The Balaban J connectivity index is 2.01. The van der Waals surface area contributed by atoms with E-state index in [-0.39, 0.29) is 23.8 Å². The van der Waals surface area contributed by atoms with Gasteiger partial charge in [-0.15, -0.1) is 0 Å². The lowest BCUT2D eigenvalue weighted by Gasteiger charge is -2.05. The van der Waals surface area contributed by atoms with Gasteiger partial charge < -0.3 is 15.4 Å². The maximum atomic E-state index is 11.8. The molecule has 0 atom stereocenters. The summed E-state index contributed by atoms with van der Waals surface area (Å²) >= 11 is 0. The molecule has 6 heteroatoms. The van der Waals surface area contributed by atoms with Crippen molar-refractivity contribution < 1.29 is 9.90 Å². The monoisotopic (exact) mass is 283 g/mol. The molecule has 1 amide bonds. The molecule has 0 aliphatic heterocycles. The van der Waals surface area contributed by atoms with Crippen molar-refractivity contribution in [3.05, 3.63) is 63.8 Å². The highest BCUT2D eigenvalue weighted by molar-refractivity contribution is 5.91. The second-order valence-electron chi connectivity index (χ2n) is 4.14. The van der Waals surface area contributed by atoms with Crippen LogP contribution < -0.4 is 10.9 Å². The van der Waals surface area contributed by atoms with Gasteiger partial charge in [-0.1, -0.05) is 24.0 Å². The number of aromatic nitrogens is 2. The fourth-order valence-electron chi connectivity index (χ4n) is 1.64. The van der Waals surface area contributed by atoms with Crippen LogP contribution in [0.2, 0.25) is 0 Å². The van der Waals surface area contributed by atoms with Gasteiger partial charge in [-0.2, -0.15) is 0 Å². The minimum absolute atomic E-state index is 0.144. The Morgan fingerprint density at radius 1 is 1.43 bits per heavy atom. The number of nitrogens with one attached hydrogen (secondary N) is 2. The van der Waals surface area contributed by atoms with E-state index < -0.39 is 0 Å². The molecule has 2 rings (SSSR count). The van der Waals surface area contributed by atoms with Gasteiger partial charge >= 0.3 is 0 Å². The van der Waals surface area contributed by atoms with Gasteiger partial charge in [0.05, 0.1) is 6.20 Å². The molecule has 0 spiro atoms. The van der Waals surface area contributed by atoms with Gasteiger partial charge in [0.2, 0.25) is 0 Å². The fraction of sp³-hybridized carbons (Fsp3) is 0.133. The predicted octanol–water partition coefficient (Wildman–Crippen LogP) is 0.0437. The Morgan fingerprint density at radius 2 is 2.29 bits per heavy atom. The van der Waals surface area contributed by atoms with Gasteiger partial charge in [-0.05, 0) is 17.7 Å². The summed E-state index contributed by atoms with van der Waals surface area (Å²) < 4.78 is 0. The number of carbonyl (C=O) groups excluding carboxylic acids is 1. The van der Waals surface area contributed by atoms with Gasteiger partial charge in [0.25, 0.3) is 11.5 Å². The van der Waals surface area contributed by atoms with Crippen molar-refractivity contribution in [2.45, 2.75) is 6.54 Å². The fourth-order valence-corrected chi connectivity index (χ4v) is 1.64. The highest BCUT2D eigenvalue weighted by atomic mass is 16.2. The van der Waals surface area contributed by atoms with Gasteiger partial charge in [0.15, 0.2) is 0 Å². The van der Waals surface area contributed by atoms with Crippen molar-refractivity contribution in [2.24, 2.45) is 0 Å². The van der Waals surface area contributed by atoms with E-state index in [1.165, 1.54) is 6.20 Å². The molecule has 21 heavy (non-hydrogen) atoms. The van der Waals surface area contributed by atoms with E-state index in [9.17, 15) is 9.59 Å². The molecule has 1 heterocycles. The number of hydrogen-bond acceptors (Lipinski definition) is 4. The van der Waals surface area contributed by atoms with Crippen molar-refractivity contribution in [1.29, 1.82) is 0 Å². The SMILES string of the molecule is O=C(NCc1cccc(C#CCO)c1)c1c[nH]c(=O)cn1. The number of rotatable bonds is 3. The highest BCUT2D eigenvalue weighted by Crippen LogP contribution is 2.04. The zero-order valence-electron chi connectivity index (χ0n) is 11.1. The van der Waals surface area contributed by atoms with Crippen LogP contribution in [0.15, 0.2) is 41.5 Å². The quantitative estimate of drug-likeness (QED) is 0.693. The van der Waals surface area contributed by atoms with Gasteiger partial charge in [-0.25, -0.2) is 4.98 Å². The lowest BCUT2D eigenvalue weighted by atomic mass is 10.1. The molecule has 0 fully saturated rings. The maximum Gasteiger partial charge on any atom is 0.271 e. The van der Waals surface area contributed by atoms with Crippen molar-refractivity contribution >= 4 is 5.91 Å². The maximum absolute atomic E-state index is 11.8. The lowest BCUT2D eigenvalue weighted by molar-refractivity contribution is 0.0945. The van der Waals surface area contributed by atoms with Crippen LogP contribution in [-0.2, 0) is 6.54 Å². The van der Waals surface area contributed by atoms with Gasteiger partial charge in [-0.3, -0.25) is 9.59 Å². The normalized spacial score (nSPS) is 9.57. The first-order chi connectivity index (χ1) is 10.2. The first kappa shape index (κ1) is 14.5. The van der Waals surface area contributed by atoms with Crippen molar-refractivity contribution in [1.82, 2.24) is 15.3 Å². The van der Waals surface area contributed by atoms with Crippen LogP contribution >= 0.6 is 0 Å². The largest absolute Gasteiger partial charge is 0.384 e. The first-order valence-corrected chi connectivity index (χ1v) is 6.20. The van der Waals surface area contributed by atoms with Crippen LogP contribution in [0.5, 0.6) is 0 Å². The number of aliphatic hydroxyl groups is 1. The number of H-pyrrole nitrogens is 1. The molecule has 3 N–H and O–H groups in total.